The summed E-state index contributed by atoms with van der Waals surface area (Å²) in [5.41, 5.74) is 6.41. The average Bonchev–Trinajstić information content (AvgIpc) is 2.24. The van der Waals surface area contributed by atoms with Crippen LogP contribution < -0.4 is 11.1 Å². The Morgan fingerprint density at radius 3 is 3.00 bits per heavy atom. The van der Waals surface area contributed by atoms with Crippen molar-refractivity contribution in [3.05, 3.63) is 24.0 Å². The SMILES string of the molecule is Nc1ccc(NC2CCCOC2)c(F)c1. The van der Waals surface area contributed by atoms with Gasteiger partial charge in [-0.15, -0.1) is 0 Å². The summed E-state index contributed by atoms with van der Waals surface area (Å²) >= 11 is 0. The number of nitrogens with one attached hydrogen (secondary N) is 1. The molecular weight excluding hydrogens is 195 g/mol. The van der Waals surface area contributed by atoms with Crippen molar-refractivity contribution >= 4 is 11.4 Å². The third-order valence-corrected chi connectivity index (χ3v) is 2.51. The van der Waals surface area contributed by atoms with Crippen molar-refractivity contribution in [2.75, 3.05) is 24.3 Å². The van der Waals surface area contributed by atoms with E-state index in [9.17, 15) is 4.39 Å². The van der Waals surface area contributed by atoms with Crippen molar-refractivity contribution in [2.24, 2.45) is 0 Å². The maximum atomic E-state index is 13.4. The van der Waals surface area contributed by atoms with E-state index in [1.165, 1.54) is 6.07 Å². The number of rotatable bonds is 2. The lowest BCUT2D eigenvalue weighted by Crippen LogP contribution is -2.30. The predicted molar refractivity (Wildman–Crippen MR) is 58.3 cm³/mol. The van der Waals surface area contributed by atoms with Gasteiger partial charge in [0.05, 0.1) is 12.3 Å². The lowest BCUT2D eigenvalue weighted by Gasteiger charge is -2.24. The monoisotopic (exact) mass is 210 g/mol. The smallest absolute Gasteiger partial charge is 0.148 e. The van der Waals surface area contributed by atoms with Gasteiger partial charge in [-0.05, 0) is 31.0 Å². The normalized spacial score (nSPS) is 21.3. The van der Waals surface area contributed by atoms with Gasteiger partial charge in [0.2, 0.25) is 0 Å². The number of nitrogens with two attached hydrogens (primary N) is 1. The molecule has 15 heavy (non-hydrogen) atoms. The van der Waals surface area contributed by atoms with Crippen LogP contribution in [0.5, 0.6) is 0 Å². The van der Waals surface area contributed by atoms with Crippen molar-refractivity contribution in [3.63, 3.8) is 0 Å². The first-order valence-corrected chi connectivity index (χ1v) is 5.15. The molecule has 3 nitrogen and oxygen atoms in total. The molecule has 0 aliphatic carbocycles. The number of hydrogen-bond acceptors (Lipinski definition) is 3. The molecular formula is C11H15FN2O. The van der Waals surface area contributed by atoms with Crippen molar-refractivity contribution < 1.29 is 9.13 Å². The third kappa shape index (κ3) is 2.59. The van der Waals surface area contributed by atoms with Crippen LogP contribution in [0.25, 0.3) is 0 Å². The first-order valence-electron chi connectivity index (χ1n) is 5.15. The Bertz CT molecular complexity index is 337. The molecule has 1 saturated heterocycles. The number of anilines is 2. The second-order valence-corrected chi connectivity index (χ2v) is 3.80. The minimum absolute atomic E-state index is 0.205. The maximum Gasteiger partial charge on any atom is 0.148 e. The van der Waals surface area contributed by atoms with Crippen molar-refractivity contribution in [2.45, 2.75) is 18.9 Å². The molecule has 1 aromatic carbocycles. The molecule has 2 rings (SSSR count). The lowest BCUT2D eigenvalue weighted by molar-refractivity contribution is 0.0875. The van der Waals surface area contributed by atoms with Crippen LogP contribution in [-0.2, 0) is 4.74 Å². The molecule has 0 spiro atoms. The summed E-state index contributed by atoms with van der Waals surface area (Å²) in [4.78, 5) is 0. The number of ether oxygens (including phenoxy) is 1. The molecule has 1 aliphatic rings. The quantitative estimate of drug-likeness (QED) is 0.734. The highest BCUT2D eigenvalue weighted by atomic mass is 19.1. The van der Waals surface area contributed by atoms with Gasteiger partial charge >= 0.3 is 0 Å². The summed E-state index contributed by atoms with van der Waals surface area (Å²) < 4.78 is 18.7. The molecule has 0 aromatic heterocycles. The zero-order valence-corrected chi connectivity index (χ0v) is 8.50. The molecule has 1 atom stereocenters. The van der Waals surface area contributed by atoms with E-state index < -0.39 is 0 Å². The number of hydrogen-bond donors (Lipinski definition) is 2. The summed E-state index contributed by atoms with van der Waals surface area (Å²) in [6, 6.07) is 4.89. The molecule has 1 fully saturated rings. The second kappa shape index (κ2) is 4.49. The molecule has 1 aromatic rings. The van der Waals surface area contributed by atoms with Crippen LogP contribution in [0.2, 0.25) is 0 Å². The average molecular weight is 210 g/mol. The van der Waals surface area contributed by atoms with Crippen molar-refractivity contribution in [1.82, 2.24) is 0 Å². The maximum absolute atomic E-state index is 13.4. The van der Waals surface area contributed by atoms with Crippen LogP contribution in [0.15, 0.2) is 18.2 Å². The predicted octanol–water partition coefficient (Wildman–Crippen LogP) is 2.00. The lowest BCUT2D eigenvalue weighted by atomic mass is 10.1. The number of benzene rings is 1. The summed E-state index contributed by atoms with van der Waals surface area (Å²) in [7, 11) is 0. The minimum atomic E-state index is -0.305. The van der Waals surface area contributed by atoms with Gasteiger partial charge in [-0.25, -0.2) is 4.39 Å². The van der Waals surface area contributed by atoms with E-state index in [-0.39, 0.29) is 11.9 Å². The molecule has 0 saturated carbocycles. The molecule has 1 aliphatic heterocycles. The highest BCUT2D eigenvalue weighted by molar-refractivity contribution is 5.53. The van der Waals surface area contributed by atoms with Gasteiger partial charge in [-0.1, -0.05) is 0 Å². The summed E-state index contributed by atoms with van der Waals surface area (Å²) in [5.74, 6) is -0.305. The summed E-state index contributed by atoms with van der Waals surface area (Å²) in [6.45, 7) is 1.45. The van der Waals surface area contributed by atoms with E-state index in [1.807, 2.05) is 0 Å². The Morgan fingerprint density at radius 1 is 1.47 bits per heavy atom. The van der Waals surface area contributed by atoms with E-state index in [4.69, 9.17) is 10.5 Å². The van der Waals surface area contributed by atoms with Crippen LogP contribution in [0.3, 0.4) is 0 Å². The molecule has 1 unspecified atom stereocenters. The fourth-order valence-corrected chi connectivity index (χ4v) is 1.72. The molecule has 0 amide bonds. The van der Waals surface area contributed by atoms with Gasteiger partial charge in [-0.2, -0.15) is 0 Å². The Balaban J connectivity index is 2.03. The molecule has 4 heteroatoms. The molecule has 3 N–H and O–H groups in total. The number of nitrogen functional groups attached to an aromatic ring is 1. The Kier molecular flexibility index (Phi) is 3.06. The van der Waals surface area contributed by atoms with E-state index in [0.717, 1.165) is 19.4 Å². The topological polar surface area (TPSA) is 47.3 Å². The molecule has 0 bridgehead atoms. The van der Waals surface area contributed by atoms with Crippen LogP contribution in [0.4, 0.5) is 15.8 Å². The Labute approximate surface area is 88.4 Å². The highest BCUT2D eigenvalue weighted by Crippen LogP contribution is 2.19. The van der Waals surface area contributed by atoms with Crippen LogP contribution in [0.1, 0.15) is 12.8 Å². The van der Waals surface area contributed by atoms with Gasteiger partial charge < -0.3 is 15.8 Å². The number of halogens is 1. The Hall–Kier alpha value is -1.29. The zero-order valence-electron chi connectivity index (χ0n) is 8.50. The van der Waals surface area contributed by atoms with Crippen LogP contribution >= 0.6 is 0 Å². The van der Waals surface area contributed by atoms with E-state index >= 15 is 0 Å². The van der Waals surface area contributed by atoms with Crippen LogP contribution in [-0.4, -0.2) is 19.3 Å². The minimum Gasteiger partial charge on any atom is -0.399 e. The third-order valence-electron chi connectivity index (χ3n) is 2.51. The zero-order chi connectivity index (χ0) is 10.7. The largest absolute Gasteiger partial charge is 0.399 e. The second-order valence-electron chi connectivity index (χ2n) is 3.80. The van der Waals surface area contributed by atoms with Gasteiger partial charge in [0, 0.05) is 18.3 Å². The van der Waals surface area contributed by atoms with E-state index in [2.05, 4.69) is 5.32 Å². The Morgan fingerprint density at radius 2 is 2.33 bits per heavy atom. The highest BCUT2D eigenvalue weighted by Gasteiger charge is 2.14. The first-order chi connectivity index (χ1) is 7.25. The van der Waals surface area contributed by atoms with E-state index in [1.54, 1.807) is 12.1 Å². The van der Waals surface area contributed by atoms with Gasteiger partial charge in [0.15, 0.2) is 0 Å². The molecule has 1 heterocycles. The van der Waals surface area contributed by atoms with Crippen molar-refractivity contribution in [1.29, 1.82) is 0 Å². The van der Waals surface area contributed by atoms with E-state index in [0.29, 0.717) is 18.0 Å². The van der Waals surface area contributed by atoms with Gasteiger partial charge in [-0.3, -0.25) is 0 Å². The van der Waals surface area contributed by atoms with Gasteiger partial charge in [0.25, 0.3) is 0 Å². The first kappa shape index (κ1) is 10.2. The molecule has 0 radical (unpaired) electrons. The fraction of sp³-hybridized carbons (Fsp3) is 0.455. The van der Waals surface area contributed by atoms with Gasteiger partial charge in [0.1, 0.15) is 5.82 Å². The molecule has 82 valence electrons. The summed E-state index contributed by atoms with van der Waals surface area (Å²) in [6.07, 6.45) is 2.04. The summed E-state index contributed by atoms with van der Waals surface area (Å²) in [5, 5.41) is 3.12. The fourth-order valence-electron chi connectivity index (χ4n) is 1.72. The standard InChI is InChI=1S/C11H15FN2O/c12-10-6-8(13)3-4-11(10)14-9-2-1-5-15-7-9/h3-4,6,9,14H,1-2,5,7,13H2. The van der Waals surface area contributed by atoms with Crippen LogP contribution in [0, 0.1) is 5.82 Å². The van der Waals surface area contributed by atoms with Crippen molar-refractivity contribution in [3.8, 4) is 0 Å².